The molecule has 1 amide bonds. The van der Waals surface area contributed by atoms with Gasteiger partial charge in [-0.25, -0.2) is 0 Å². The van der Waals surface area contributed by atoms with Crippen molar-refractivity contribution >= 4 is 16.8 Å². The number of amides is 1. The molecule has 1 atom stereocenters. The summed E-state index contributed by atoms with van der Waals surface area (Å²) >= 11 is 0. The Bertz CT molecular complexity index is 639. The topological polar surface area (TPSA) is 62.7 Å². The van der Waals surface area contributed by atoms with Crippen LogP contribution >= 0.6 is 0 Å². The van der Waals surface area contributed by atoms with Gasteiger partial charge in [0.05, 0.1) is 11.6 Å². The molecular weight excluding hydrogens is 268 g/mol. The predicted molar refractivity (Wildman–Crippen MR) is 79.1 cm³/mol. The third-order valence-electron chi connectivity index (χ3n) is 3.71. The molecule has 0 unspecified atom stereocenters. The highest BCUT2D eigenvalue weighted by molar-refractivity contribution is 5.85. The third-order valence-corrected chi connectivity index (χ3v) is 3.71. The first-order valence-corrected chi connectivity index (χ1v) is 7.16. The predicted octanol–water partition coefficient (Wildman–Crippen LogP) is 1.60. The van der Waals surface area contributed by atoms with Gasteiger partial charge in [0, 0.05) is 24.7 Å². The lowest BCUT2D eigenvalue weighted by Gasteiger charge is -2.30. The highest BCUT2D eigenvalue weighted by Gasteiger charge is 2.22. The maximum atomic E-state index is 12.1. The van der Waals surface area contributed by atoms with E-state index in [1.54, 1.807) is 17.2 Å². The second-order valence-electron chi connectivity index (χ2n) is 5.25. The molecule has 1 fully saturated rings. The van der Waals surface area contributed by atoms with Crippen molar-refractivity contribution in [3.63, 3.8) is 0 Å². The highest BCUT2D eigenvalue weighted by Crippen LogP contribution is 2.23. The number of fused-ring (bicyclic) bond motifs is 1. The number of pyridine rings is 1. The first-order chi connectivity index (χ1) is 10.2. The van der Waals surface area contributed by atoms with Gasteiger partial charge in [-0.3, -0.25) is 9.78 Å². The number of ether oxygens (including phenoxy) is 1. The Morgan fingerprint density at radius 1 is 1.38 bits per heavy atom. The molecule has 0 radical (unpaired) electrons. The monoisotopic (exact) mass is 286 g/mol. The Morgan fingerprint density at radius 3 is 3.10 bits per heavy atom. The Hall–Kier alpha value is -2.14. The van der Waals surface area contributed by atoms with Crippen molar-refractivity contribution in [3.8, 4) is 5.75 Å². The van der Waals surface area contributed by atoms with Gasteiger partial charge in [-0.1, -0.05) is 12.1 Å². The number of aliphatic hydroxyl groups excluding tert-OH is 1. The first kappa shape index (κ1) is 13.8. The van der Waals surface area contributed by atoms with Crippen LogP contribution in [0.15, 0.2) is 36.5 Å². The molecule has 2 heterocycles. The second-order valence-corrected chi connectivity index (χ2v) is 5.25. The van der Waals surface area contributed by atoms with Crippen LogP contribution < -0.4 is 4.74 Å². The number of rotatable bonds is 3. The van der Waals surface area contributed by atoms with Crippen LogP contribution in [0.4, 0.5) is 0 Å². The Kier molecular flexibility index (Phi) is 4.01. The van der Waals surface area contributed by atoms with Crippen LogP contribution in [0.25, 0.3) is 10.9 Å². The number of aliphatic hydroxyl groups is 1. The Labute approximate surface area is 123 Å². The van der Waals surface area contributed by atoms with Crippen molar-refractivity contribution in [1.82, 2.24) is 9.88 Å². The van der Waals surface area contributed by atoms with E-state index < -0.39 is 6.10 Å². The van der Waals surface area contributed by atoms with Gasteiger partial charge >= 0.3 is 0 Å². The van der Waals surface area contributed by atoms with Gasteiger partial charge < -0.3 is 14.7 Å². The third kappa shape index (κ3) is 3.13. The summed E-state index contributed by atoms with van der Waals surface area (Å²) in [5, 5.41) is 10.5. The molecule has 5 nitrogen and oxygen atoms in total. The normalized spacial score (nSPS) is 18.7. The van der Waals surface area contributed by atoms with E-state index in [2.05, 4.69) is 4.98 Å². The maximum Gasteiger partial charge on any atom is 0.260 e. The Balaban J connectivity index is 1.67. The first-order valence-electron chi connectivity index (χ1n) is 7.16. The minimum atomic E-state index is -0.413. The van der Waals surface area contributed by atoms with E-state index in [9.17, 15) is 9.90 Å². The van der Waals surface area contributed by atoms with Crippen molar-refractivity contribution in [1.29, 1.82) is 0 Å². The number of hydrogen-bond acceptors (Lipinski definition) is 4. The van der Waals surface area contributed by atoms with Gasteiger partial charge in [-0.2, -0.15) is 0 Å². The van der Waals surface area contributed by atoms with E-state index in [0.29, 0.717) is 18.8 Å². The molecule has 0 bridgehead atoms. The smallest absolute Gasteiger partial charge is 0.260 e. The lowest BCUT2D eigenvalue weighted by Crippen LogP contribution is -2.44. The fraction of sp³-hybridized carbons (Fsp3) is 0.375. The molecule has 2 aromatic rings. The molecule has 1 aromatic carbocycles. The Morgan fingerprint density at radius 2 is 2.24 bits per heavy atom. The minimum Gasteiger partial charge on any atom is -0.483 e. The van der Waals surface area contributed by atoms with E-state index in [-0.39, 0.29) is 12.5 Å². The number of hydrogen-bond donors (Lipinski definition) is 1. The van der Waals surface area contributed by atoms with Crippen molar-refractivity contribution in [2.24, 2.45) is 0 Å². The summed E-state index contributed by atoms with van der Waals surface area (Å²) in [6.07, 6.45) is 2.86. The van der Waals surface area contributed by atoms with Gasteiger partial charge in [0.15, 0.2) is 6.61 Å². The number of β-amino-alcohol motifs (C(OH)–C–C–N with tert-alkyl or cyclic N) is 1. The molecule has 1 aromatic heterocycles. The lowest BCUT2D eigenvalue weighted by molar-refractivity contribution is -0.136. The fourth-order valence-corrected chi connectivity index (χ4v) is 2.61. The summed E-state index contributed by atoms with van der Waals surface area (Å²) in [6.45, 7) is 1.08. The van der Waals surface area contributed by atoms with Gasteiger partial charge in [0.25, 0.3) is 5.91 Å². The standard InChI is InChI=1S/C16H18N2O3/c19-12-4-3-9-18(10-12)16(20)11-21-15-7-8-17-14-6-2-1-5-13(14)15/h1-2,5-8,12,19H,3-4,9-11H2/t12-/m1/s1. The number of aromatic nitrogens is 1. The maximum absolute atomic E-state index is 12.1. The number of benzene rings is 1. The van der Waals surface area contributed by atoms with Crippen LogP contribution in [0.3, 0.4) is 0 Å². The molecular formula is C16H18N2O3. The fourth-order valence-electron chi connectivity index (χ4n) is 2.61. The molecule has 1 saturated heterocycles. The molecule has 0 spiro atoms. The van der Waals surface area contributed by atoms with Gasteiger partial charge in [0.1, 0.15) is 5.75 Å². The zero-order valence-corrected chi connectivity index (χ0v) is 11.7. The van der Waals surface area contributed by atoms with Crippen molar-refractivity contribution in [3.05, 3.63) is 36.5 Å². The largest absolute Gasteiger partial charge is 0.483 e. The van der Waals surface area contributed by atoms with Gasteiger partial charge in [-0.05, 0) is 31.0 Å². The van der Waals surface area contributed by atoms with E-state index in [1.165, 1.54) is 0 Å². The van der Waals surface area contributed by atoms with Crippen molar-refractivity contribution in [2.45, 2.75) is 18.9 Å². The van der Waals surface area contributed by atoms with Crippen LogP contribution in [0.5, 0.6) is 5.75 Å². The summed E-state index contributed by atoms with van der Waals surface area (Å²) in [6, 6.07) is 9.43. The molecule has 3 rings (SSSR count). The average molecular weight is 286 g/mol. The minimum absolute atomic E-state index is 0.0132. The molecule has 110 valence electrons. The highest BCUT2D eigenvalue weighted by atomic mass is 16.5. The van der Waals surface area contributed by atoms with Crippen LogP contribution in [0.2, 0.25) is 0 Å². The molecule has 0 saturated carbocycles. The number of carbonyl (C=O) groups excluding carboxylic acids is 1. The molecule has 5 heteroatoms. The van der Waals surface area contributed by atoms with Gasteiger partial charge in [0.2, 0.25) is 0 Å². The van der Waals surface area contributed by atoms with Crippen molar-refractivity contribution < 1.29 is 14.6 Å². The van der Waals surface area contributed by atoms with E-state index in [4.69, 9.17) is 4.74 Å². The average Bonchev–Trinajstić information content (AvgIpc) is 2.52. The molecule has 0 aliphatic carbocycles. The lowest BCUT2D eigenvalue weighted by atomic mass is 10.1. The molecule has 21 heavy (non-hydrogen) atoms. The summed E-state index contributed by atoms with van der Waals surface area (Å²) < 4.78 is 5.66. The summed E-state index contributed by atoms with van der Waals surface area (Å²) in [7, 11) is 0. The van der Waals surface area contributed by atoms with E-state index in [1.807, 2.05) is 24.3 Å². The number of likely N-dealkylation sites (tertiary alicyclic amines) is 1. The van der Waals surface area contributed by atoms with Crippen LogP contribution in [-0.4, -0.2) is 46.7 Å². The number of nitrogens with zero attached hydrogens (tertiary/aromatic N) is 2. The number of para-hydroxylation sites is 1. The van der Waals surface area contributed by atoms with Crippen molar-refractivity contribution in [2.75, 3.05) is 19.7 Å². The number of carbonyl (C=O) groups is 1. The number of piperidine rings is 1. The van der Waals surface area contributed by atoms with Gasteiger partial charge in [-0.15, -0.1) is 0 Å². The zero-order chi connectivity index (χ0) is 14.7. The van der Waals surface area contributed by atoms with E-state index >= 15 is 0 Å². The molecule has 1 N–H and O–H groups in total. The van der Waals surface area contributed by atoms with E-state index in [0.717, 1.165) is 23.7 Å². The summed E-state index contributed by atoms with van der Waals surface area (Å²) in [4.78, 5) is 18.1. The summed E-state index contributed by atoms with van der Waals surface area (Å²) in [5.41, 5.74) is 0.843. The van der Waals surface area contributed by atoms with Crippen LogP contribution in [0.1, 0.15) is 12.8 Å². The quantitative estimate of drug-likeness (QED) is 0.931. The SMILES string of the molecule is O=C(COc1ccnc2ccccc12)N1CCC[C@@H](O)C1. The van der Waals surface area contributed by atoms with Crippen LogP contribution in [-0.2, 0) is 4.79 Å². The zero-order valence-electron chi connectivity index (χ0n) is 11.7. The summed E-state index contributed by atoms with van der Waals surface area (Å²) in [5.74, 6) is 0.571. The molecule has 1 aliphatic rings. The second kappa shape index (κ2) is 6.10. The molecule has 1 aliphatic heterocycles. The van der Waals surface area contributed by atoms with Crippen LogP contribution in [0, 0.1) is 0 Å².